The van der Waals surface area contributed by atoms with Crippen LogP contribution in [0.25, 0.3) is 0 Å². The molecule has 2 rings (SSSR count). The molecule has 4 atom stereocenters. The van der Waals surface area contributed by atoms with Gasteiger partial charge in [-0.05, 0) is 31.4 Å². The van der Waals surface area contributed by atoms with E-state index in [4.69, 9.17) is 9.84 Å². The third-order valence-electron chi connectivity index (χ3n) is 6.85. The third kappa shape index (κ3) is 5.77. The van der Waals surface area contributed by atoms with Crippen LogP contribution in [0.5, 0.6) is 11.5 Å². The zero-order valence-electron chi connectivity index (χ0n) is 20.3. The molecule has 4 N–H and O–H groups in total. The Bertz CT molecular complexity index is 1040. The largest absolute Gasteiger partial charge is 0.508 e. The van der Waals surface area contributed by atoms with E-state index in [0.29, 0.717) is 5.56 Å². The van der Waals surface area contributed by atoms with Crippen LogP contribution in [0.4, 0.5) is 4.39 Å². The minimum Gasteiger partial charge on any atom is -0.508 e. The first-order valence-electron chi connectivity index (χ1n) is 11.1. The molecule has 0 bridgehead atoms. The number of aliphatic carboxylic acids is 1. The summed E-state index contributed by atoms with van der Waals surface area (Å²) in [5, 5.41) is 23.5. The number of carboxylic acid groups (broad SMARTS) is 1. The highest BCUT2D eigenvalue weighted by molar-refractivity contribution is 5.98. The molecule has 0 aromatic heterocycles. The van der Waals surface area contributed by atoms with Gasteiger partial charge in [-0.1, -0.05) is 26.8 Å². The summed E-state index contributed by atoms with van der Waals surface area (Å²) in [5.74, 6) is -5.56. The van der Waals surface area contributed by atoms with E-state index in [1.54, 1.807) is 33.8 Å². The maximum Gasteiger partial charge on any atom is 0.318 e. The average Bonchev–Trinajstić information content (AvgIpc) is 2.75. The second kappa shape index (κ2) is 10.4. The van der Waals surface area contributed by atoms with Crippen LogP contribution < -0.4 is 15.4 Å². The number of rotatable bonds is 10. The number of Topliss-reactive ketones (excluding diaryl/α,β-unsaturated/α-hetero) is 1. The molecule has 0 saturated heterocycles. The number of nitrogens with one attached hydrogen (secondary N) is 2. The molecule has 0 fully saturated rings. The number of ether oxygens (including phenoxy) is 1. The highest BCUT2D eigenvalue weighted by Crippen LogP contribution is 2.48. The van der Waals surface area contributed by atoms with Crippen LogP contribution in [-0.2, 0) is 24.0 Å². The molecule has 35 heavy (non-hydrogen) atoms. The van der Waals surface area contributed by atoms with Gasteiger partial charge < -0.3 is 25.6 Å². The van der Waals surface area contributed by atoms with Gasteiger partial charge in [0, 0.05) is 18.4 Å². The van der Waals surface area contributed by atoms with E-state index in [1.165, 1.54) is 19.1 Å². The van der Waals surface area contributed by atoms with E-state index in [2.05, 4.69) is 10.6 Å². The number of ketones is 1. The molecule has 1 aromatic carbocycles. The molecule has 0 aliphatic carbocycles. The van der Waals surface area contributed by atoms with Crippen molar-refractivity contribution in [1.82, 2.24) is 10.6 Å². The number of fused-ring (bicyclic) bond motifs is 1. The van der Waals surface area contributed by atoms with Gasteiger partial charge in [-0.2, -0.15) is 0 Å². The topological polar surface area (TPSA) is 159 Å². The summed E-state index contributed by atoms with van der Waals surface area (Å²) in [4.78, 5) is 61.8. The van der Waals surface area contributed by atoms with Crippen molar-refractivity contribution in [2.45, 2.75) is 65.0 Å². The lowest BCUT2D eigenvalue weighted by molar-refractivity contribution is -0.152. The van der Waals surface area contributed by atoms with Crippen LogP contribution >= 0.6 is 0 Å². The second-order valence-electron chi connectivity index (χ2n) is 9.56. The summed E-state index contributed by atoms with van der Waals surface area (Å²) in [6.07, 6.45) is -1.15. The van der Waals surface area contributed by atoms with Crippen molar-refractivity contribution >= 4 is 29.5 Å². The molecule has 192 valence electrons. The number of carbonyl (C=O) groups is 5. The van der Waals surface area contributed by atoms with Gasteiger partial charge in [-0.25, -0.2) is 4.39 Å². The molecule has 1 aliphatic heterocycles. The van der Waals surface area contributed by atoms with E-state index in [-0.39, 0.29) is 17.9 Å². The quantitative estimate of drug-likeness (QED) is 0.283. The number of amides is 2. The molecule has 0 radical (unpaired) electrons. The summed E-state index contributed by atoms with van der Waals surface area (Å²) < 4.78 is 18.3. The highest BCUT2D eigenvalue weighted by atomic mass is 19.1. The lowest BCUT2D eigenvalue weighted by Crippen LogP contribution is -2.63. The van der Waals surface area contributed by atoms with Crippen molar-refractivity contribution in [3.8, 4) is 11.5 Å². The zero-order chi connectivity index (χ0) is 26.7. The first-order chi connectivity index (χ1) is 16.1. The Kier molecular flexibility index (Phi) is 8.25. The second-order valence-corrected chi connectivity index (χ2v) is 9.56. The number of phenolic OH excluding ortho intramolecular Hbond substituents is 1. The lowest BCUT2D eigenvalue weighted by atomic mass is 9.70. The van der Waals surface area contributed by atoms with Crippen molar-refractivity contribution in [3.63, 3.8) is 0 Å². The maximum absolute atomic E-state index is 13.1. The Morgan fingerprint density at radius 1 is 1.26 bits per heavy atom. The molecule has 1 heterocycles. The van der Waals surface area contributed by atoms with Crippen LogP contribution in [0, 0.1) is 11.3 Å². The van der Waals surface area contributed by atoms with Gasteiger partial charge in [0.1, 0.15) is 29.8 Å². The van der Waals surface area contributed by atoms with Gasteiger partial charge in [0.2, 0.25) is 11.8 Å². The van der Waals surface area contributed by atoms with Crippen molar-refractivity contribution < 1.29 is 43.3 Å². The number of halogens is 1. The van der Waals surface area contributed by atoms with Crippen molar-refractivity contribution in [1.29, 1.82) is 0 Å². The Hall–Kier alpha value is -3.50. The third-order valence-corrected chi connectivity index (χ3v) is 6.85. The number of hydrogen-bond acceptors (Lipinski definition) is 7. The summed E-state index contributed by atoms with van der Waals surface area (Å²) in [6, 6.07) is 2.77. The van der Waals surface area contributed by atoms with Crippen LogP contribution in [-0.4, -0.2) is 58.0 Å². The van der Waals surface area contributed by atoms with Crippen molar-refractivity contribution in [3.05, 3.63) is 23.8 Å². The van der Waals surface area contributed by atoms with E-state index in [0.717, 1.165) is 0 Å². The van der Waals surface area contributed by atoms with Crippen LogP contribution in [0.15, 0.2) is 18.2 Å². The summed E-state index contributed by atoms with van der Waals surface area (Å²) >= 11 is 0. The average molecular weight is 495 g/mol. The van der Waals surface area contributed by atoms with Crippen molar-refractivity contribution in [2.75, 3.05) is 6.67 Å². The molecule has 1 aliphatic rings. The van der Waals surface area contributed by atoms with Crippen LogP contribution in [0.2, 0.25) is 0 Å². The predicted octanol–water partition coefficient (Wildman–Crippen LogP) is 1.84. The molecule has 2 amide bonds. The molecule has 1 aromatic rings. The Balaban J connectivity index is 2.25. The van der Waals surface area contributed by atoms with Gasteiger partial charge >= 0.3 is 11.9 Å². The number of esters is 1. The summed E-state index contributed by atoms with van der Waals surface area (Å²) in [5.41, 5.74) is -2.27. The standard InChI is InChI=1S/C24H31FN2O8/c1-12(2)24(5,21(33)26-16(9-20(31)32)17(29)11-25)27-19(30)10-23(4)13(3)15-7-6-14(28)8-18(15)35-22(23)34/h6-8,12-13,16,28H,9-11H2,1-5H3,(H,26,33)(H,27,30)(H,31,32)/t13?,16?,23?,24-/m0/s1. The Morgan fingerprint density at radius 2 is 1.89 bits per heavy atom. The monoisotopic (exact) mass is 494 g/mol. The van der Waals surface area contributed by atoms with E-state index < -0.39 is 71.5 Å². The van der Waals surface area contributed by atoms with Crippen molar-refractivity contribution in [2.24, 2.45) is 11.3 Å². The van der Waals surface area contributed by atoms with Crippen LogP contribution in [0.3, 0.4) is 0 Å². The number of carbonyl (C=O) groups excluding carboxylic acids is 4. The van der Waals surface area contributed by atoms with Crippen LogP contribution in [0.1, 0.15) is 58.9 Å². The van der Waals surface area contributed by atoms with E-state index in [9.17, 15) is 33.5 Å². The highest BCUT2D eigenvalue weighted by Gasteiger charge is 2.49. The summed E-state index contributed by atoms with van der Waals surface area (Å²) in [6.45, 7) is 6.50. The SMILES string of the molecule is CC1c2ccc(O)cc2OC(=O)C1(C)CC(=O)N[C@](C)(C(=O)NC(CC(=O)O)C(=O)CF)C(C)C. The molecule has 0 spiro atoms. The minimum atomic E-state index is -1.60. The van der Waals surface area contributed by atoms with E-state index in [1.807, 2.05) is 0 Å². The summed E-state index contributed by atoms with van der Waals surface area (Å²) in [7, 11) is 0. The molecule has 0 saturated carbocycles. The van der Waals surface area contributed by atoms with Gasteiger partial charge in [-0.3, -0.25) is 24.0 Å². The van der Waals surface area contributed by atoms with Gasteiger partial charge in [-0.15, -0.1) is 0 Å². The van der Waals surface area contributed by atoms with Gasteiger partial charge in [0.05, 0.1) is 11.8 Å². The predicted molar refractivity (Wildman–Crippen MR) is 121 cm³/mol. The Labute approximate surface area is 202 Å². The fraction of sp³-hybridized carbons (Fsp3) is 0.542. The Morgan fingerprint density at radius 3 is 2.43 bits per heavy atom. The molecule has 11 heteroatoms. The molecule has 10 nitrogen and oxygen atoms in total. The number of carboxylic acids is 1. The maximum atomic E-state index is 13.1. The molecular weight excluding hydrogens is 463 g/mol. The normalized spacial score (nSPS) is 21.8. The number of phenols is 1. The van der Waals surface area contributed by atoms with Gasteiger partial charge in [0.25, 0.3) is 0 Å². The fourth-order valence-electron chi connectivity index (χ4n) is 3.88. The minimum absolute atomic E-state index is 0.0729. The number of aromatic hydroxyl groups is 1. The number of benzene rings is 1. The fourth-order valence-corrected chi connectivity index (χ4v) is 3.88. The smallest absolute Gasteiger partial charge is 0.318 e. The molecular formula is C24H31FN2O8. The lowest BCUT2D eigenvalue weighted by Gasteiger charge is -2.39. The first kappa shape index (κ1) is 27.7. The first-order valence-corrected chi connectivity index (χ1v) is 11.1. The van der Waals surface area contributed by atoms with Gasteiger partial charge in [0.15, 0.2) is 5.78 Å². The number of alkyl halides is 1. The number of hydrogen-bond donors (Lipinski definition) is 4. The molecule has 3 unspecified atom stereocenters. The zero-order valence-corrected chi connectivity index (χ0v) is 20.3. The van der Waals surface area contributed by atoms with E-state index >= 15 is 0 Å².